The van der Waals surface area contributed by atoms with Gasteiger partial charge in [0.15, 0.2) is 0 Å². The number of carbonyl (C=O) groups is 1. The summed E-state index contributed by atoms with van der Waals surface area (Å²) in [4.78, 5) is 11.7. The van der Waals surface area contributed by atoms with Crippen LogP contribution in [0.15, 0.2) is 35.0 Å². The van der Waals surface area contributed by atoms with Crippen molar-refractivity contribution in [1.82, 2.24) is 10.5 Å². The predicted octanol–water partition coefficient (Wildman–Crippen LogP) is 1.50. The SMILES string of the molecule is Cc1oncc1C(=O)NCc1ccc(N)cc1. The lowest BCUT2D eigenvalue weighted by Crippen LogP contribution is -2.22. The Bertz CT molecular complexity index is 517. The molecule has 0 saturated carbocycles. The van der Waals surface area contributed by atoms with Gasteiger partial charge in [-0.3, -0.25) is 4.79 Å². The van der Waals surface area contributed by atoms with Gasteiger partial charge in [0.05, 0.1) is 6.20 Å². The highest BCUT2D eigenvalue weighted by Crippen LogP contribution is 2.07. The summed E-state index contributed by atoms with van der Waals surface area (Å²) in [6.07, 6.45) is 1.41. The number of anilines is 1. The van der Waals surface area contributed by atoms with Crippen LogP contribution in [0.4, 0.5) is 5.69 Å². The molecule has 0 spiro atoms. The molecule has 0 aliphatic carbocycles. The summed E-state index contributed by atoms with van der Waals surface area (Å²) in [6.45, 7) is 2.15. The molecule has 5 nitrogen and oxygen atoms in total. The molecule has 1 amide bonds. The fourth-order valence-corrected chi connectivity index (χ4v) is 1.43. The van der Waals surface area contributed by atoms with Gasteiger partial charge in [-0.1, -0.05) is 17.3 Å². The van der Waals surface area contributed by atoms with Gasteiger partial charge >= 0.3 is 0 Å². The van der Waals surface area contributed by atoms with E-state index in [0.717, 1.165) is 5.56 Å². The first-order valence-corrected chi connectivity index (χ1v) is 5.20. The normalized spacial score (nSPS) is 10.2. The Morgan fingerprint density at radius 1 is 1.41 bits per heavy atom. The monoisotopic (exact) mass is 231 g/mol. The van der Waals surface area contributed by atoms with Gasteiger partial charge in [0.25, 0.3) is 5.91 Å². The highest BCUT2D eigenvalue weighted by Gasteiger charge is 2.11. The Labute approximate surface area is 98.6 Å². The second kappa shape index (κ2) is 4.69. The van der Waals surface area contributed by atoms with Crippen LogP contribution in [0.3, 0.4) is 0 Å². The second-order valence-electron chi connectivity index (χ2n) is 3.72. The Hall–Kier alpha value is -2.30. The van der Waals surface area contributed by atoms with E-state index in [1.165, 1.54) is 6.20 Å². The molecule has 1 heterocycles. The summed E-state index contributed by atoms with van der Waals surface area (Å²) < 4.78 is 4.83. The smallest absolute Gasteiger partial charge is 0.256 e. The summed E-state index contributed by atoms with van der Waals surface area (Å²) in [5.74, 6) is 0.320. The summed E-state index contributed by atoms with van der Waals surface area (Å²) in [6, 6.07) is 7.34. The number of nitrogen functional groups attached to an aromatic ring is 1. The molecule has 0 fully saturated rings. The predicted molar refractivity (Wildman–Crippen MR) is 63.3 cm³/mol. The molecule has 0 radical (unpaired) electrons. The number of aryl methyl sites for hydroxylation is 1. The molecule has 0 unspecified atom stereocenters. The van der Waals surface area contributed by atoms with E-state index in [2.05, 4.69) is 10.5 Å². The van der Waals surface area contributed by atoms with Gasteiger partial charge in [-0.2, -0.15) is 0 Å². The third-order valence-corrected chi connectivity index (χ3v) is 2.43. The van der Waals surface area contributed by atoms with Crippen LogP contribution in [0.5, 0.6) is 0 Å². The third-order valence-electron chi connectivity index (χ3n) is 2.43. The third kappa shape index (κ3) is 2.63. The van der Waals surface area contributed by atoms with Crippen LogP contribution in [0, 0.1) is 6.92 Å². The maximum absolute atomic E-state index is 11.7. The molecule has 2 aromatic rings. The minimum absolute atomic E-state index is 0.194. The lowest BCUT2D eigenvalue weighted by molar-refractivity contribution is 0.0949. The Morgan fingerprint density at radius 2 is 2.12 bits per heavy atom. The van der Waals surface area contributed by atoms with Gasteiger partial charge in [0.1, 0.15) is 11.3 Å². The van der Waals surface area contributed by atoms with Crippen molar-refractivity contribution >= 4 is 11.6 Å². The summed E-state index contributed by atoms with van der Waals surface area (Å²) >= 11 is 0. The number of nitrogens with one attached hydrogen (secondary N) is 1. The van der Waals surface area contributed by atoms with Crippen molar-refractivity contribution in [2.24, 2.45) is 0 Å². The van der Waals surface area contributed by atoms with Crippen LogP contribution in [-0.2, 0) is 6.54 Å². The summed E-state index contributed by atoms with van der Waals surface area (Å²) in [5, 5.41) is 6.34. The molecule has 2 rings (SSSR count). The standard InChI is InChI=1S/C12H13N3O2/c1-8-11(7-15-17-8)12(16)14-6-9-2-4-10(13)5-3-9/h2-5,7H,6,13H2,1H3,(H,14,16). The van der Waals surface area contributed by atoms with Crippen LogP contribution in [0.25, 0.3) is 0 Å². The van der Waals surface area contributed by atoms with Crippen molar-refractivity contribution in [3.05, 3.63) is 47.3 Å². The number of hydrogen-bond acceptors (Lipinski definition) is 4. The quantitative estimate of drug-likeness (QED) is 0.784. The topological polar surface area (TPSA) is 81.2 Å². The van der Waals surface area contributed by atoms with Gasteiger partial charge in [-0.15, -0.1) is 0 Å². The zero-order valence-corrected chi connectivity index (χ0v) is 9.43. The van der Waals surface area contributed by atoms with E-state index in [-0.39, 0.29) is 5.91 Å². The maximum atomic E-state index is 11.7. The molecular weight excluding hydrogens is 218 g/mol. The number of benzene rings is 1. The van der Waals surface area contributed by atoms with Crippen LogP contribution in [0.1, 0.15) is 21.7 Å². The molecular formula is C12H13N3O2. The zero-order chi connectivity index (χ0) is 12.3. The van der Waals surface area contributed by atoms with Crippen molar-refractivity contribution in [2.75, 3.05) is 5.73 Å². The van der Waals surface area contributed by atoms with Crippen LogP contribution >= 0.6 is 0 Å². The number of carbonyl (C=O) groups excluding carboxylic acids is 1. The van der Waals surface area contributed by atoms with E-state index in [1.807, 2.05) is 12.1 Å². The average molecular weight is 231 g/mol. The molecule has 0 aliphatic heterocycles. The van der Waals surface area contributed by atoms with Gasteiger partial charge in [0.2, 0.25) is 0 Å². The van der Waals surface area contributed by atoms with Crippen molar-refractivity contribution in [1.29, 1.82) is 0 Å². The largest absolute Gasteiger partial charge is 0.399 e. The molecule has 0 atom stereocenters. The number of hydrogen-bond donors (Lipinski definition) is 2. The van der Waals surface area contributed by atoms with E-state index in [4.69, 9.17) is 10.3 Å². The number of nitrogens with two attached hydrogens (primary N) is 1. The first-order valence-electron chi connectivity index (χ1n) is 5.20. The molecule has 3 N–H and O–H groups in total. The van der Waals surface area contributed by atoms with E-state index in [9.17, 15) is 4.79 Å². The van der Waals surface area contributed by atoms with Crippen molar-refractivity contribution in [2.45, 2.75) is 13.5 Å². The molecule has 0 aliphatic rings. The fraction of sp³-hybridized carbons (Fsp3) is 0.167. The highest BCUT2D eigenvalue weighted by atomic mass is 16.5. The maximum Gasteiger partial charge on any atom is 0.256 e. The van der Waals surface area contributed by atoms with Gasteiger partial charge in [-0.25, -0.2) is 0 Å². The van der Waals surface area contributed by atoms with Crippen LogP contribution in [0.2, 0.25) is 0 Å². The molecule has 0 bridgehead atoms. The number of aromatic nitrogens is 1. The molecule has 1 aromatic carbocycles. The van der Waals surface area contributed by atoms with E-state index in [1.54, 1.807) is 19.1 Å². The van der Waals surface area contributed by atoms with Crippen LogP contribution < -0.4 is 11.1 Å². The van der Waals surface area contributed by atoms with Crippen LogP contribution in [-0.4, -0.2) is 11.1 Å². The van der Waals surface area contributed by atoms with Gasteiger partial charge in [-0.05, 0) is 24.6 Å². The molecule has 88 valence electrons. The minimum Gasteiger partial charge on any atom is -0.399 e. The minimum atomic E-state index is -0.194. The first kappa shape index (κ1) is 11.2. The first-order chi connectivity index (χ1) is 8.16. The number of amides is 1. The van der Waals surface area contributed by atoms with E-state index in [0.29, 0.717) is 23.6 Å². The summed E-state index contributed by atoms with van der Waals surface area (Å²) in [7, 11) is 0. The fourth-order valence-electron chi connectivity index (χ4n) is 1.43. The van der Waals surface area contributed by atoms with Gasteiger partial charge in [0, 0.05) is 12.2 Å². The zero-order valence-electron chi connectivity index (χ0n) is 9.43. The molecule has 17 heavy (non-hydrogen) atoms. The lowest BCUT2D eigenvalue weighted by atomic mass is 10.2. The van der Waals surface area contributed by atoms with Crippen molar-refractivity contribution < 1.29 is 9.32 Å². The van der Waals surface area contributed by atoms with Gasteiger partial charge < -0.3 is 15.6 Å². The Balaban J connectivity index is 1.97. The number of nitrogens with zero attached hydrogens (tertiary/aromatic N) is 1. The molecule has 5 heteroatoms. The second-order valence-corrected chi connectivity index (χ2v) is 3.72. The highest BCUT2D eigenvalue weighted by molar-refractivity contribution is 5.94. The average Bonchev–Trinajstić information content (AvgIpc) is 2.74. The Morgan fingerprint density at radius 3 is 2.71 bits per heavy atom. The summed E-state index contributed by atoms with van der Waals surface area (Å²) in [5.41, 5.74) is 7.72. The van der Waals surface area contributed by atoms with Crippen molar-refractivity contribution in [3.8, 4) is 0 Å². The lowest BCUT2D eigenvalue weighted by Gasteiger charge is -2.04. The number of rotatable bonds is 3. The Kier molecular flexibility index (Phi) is 3.09. The van der Waals surface area contributed by atoms with E-state index < -0.39 is 0 Å². The van der Waals surface area contributed by atoms with Crippen molar-refractivity contribution in [3.63, 3.8) is 0 Å². The molecule has 1 aromatic heterocycles. The molecule has 0 saturated heterocycles. The van der Waals surface area contributed by atoms with E-state index >= 15 is 0 Å².